The Balaban J connectivity index is 2.84. The molecule has 0 saturated carbocycles. The quantitative estimate of drug-likeness (QED) is 0.839. The minimum Gasteiger partial charge on any atom is -0.394 e. The molecule has 0 aliphatic rings. The number of aliphatic hydroxyl groups excluding tert-OH is 1. The fraction of sp³-hybridized carbons (Fsp3) is 0.462. The van der Waals surface area contributed by atoms with Gasteiger partial charge in [0.15, 0.2) is 9.84 Å². The van der Waals surface area contributed by atoms with Crippen LogP contribution >= 0.6 is 0 Å². The Bertz CT molecular complexity index is 534. The molecular weight excluding hydrogens is 266 g/mol. The van der Waals surface area contributed by atoms with E-state index in [1.54, 1.807) is 0 Å². The summed E-state index contributed by atoms with van der Waals surface area (Å²) in [6.45, 7) is 3.66. The predicted octanol–water partition coefficient (Wildman–Crippen LogP) is 0.837. The smallest absolute Gasteiger partial charge is 0.251 e. The Morgan fingerprint density at radius 3 is 2.16 bits per heavy atom. The van der Waals surface area contributed by atoms with Crippen molar-refractivity contribution in [2.75, 3.05) is 12.9 Å². The fourth-order valence-electron chi connectivity index (χ4n) is 1.53. The summed E-state index contributed by atoms with van der Waals surface area (Å²) in [4.78, 5) is 12.1. The number of rotatable bonds is 5. The fourth-order valence-corrected chi connectivity index (χ4v) is 2.16. The lowest BCUT2D eigenvalue weighted by Crippen LogP contribution is -2.41. The van der Waals surface area contributed by atoms with Crippen LogP contribution in [0.15, 0.2) is 29.2 Å². The summed E-state index contributed by atoms with van der Waals surface area (Å²) in [7, 11) is -3.26. The van der Waals surface area contributed by atoms with Crippen molar-refractivity contribution in [3.63, 3.8) is 0 Å². The van der Waals surface area contributed by atoms with Crippen LogP contribution in [-0.2, 0) is 9.84 Å². The highest BCUT2D eigenvalue weighted by Gasteiger charge is 2.16. The van der Waals surface area contributed by atoms with Gasteiger partial charge in [-0.1, -0.05) is 13.8 Å². The van der Waals surface area contributed by atoms with Crippen molar-refractivity contribution in [3.8, 4) is 0 Å². The number of aliphatic hydroxyl groups is 1. The minimum absolute atomic E-state index is 0.115. The molecule has 19 heavy (non-hydrogen) atoms. The highest BCUT2D eigenvalue weighted by molar-refractivity contribution is 7.90. The summed E-state index contributed by atoms with van der Waals surface area (Å²) in [5, 5.41) is 11.9. The molecule has 0 bridgehead atoms. The van der Waals surface area contributed by atoms with Crippen LogP contribution in [0.4, 0.5) is 0 Å². The van der Waals surface area contributed by atoms with Crippen molar-refractivity contribution < 1.29 is 18.3 Å². The van der Waals surface area contributed by atoms with E-state index in [1.165, 1.54) is 24.3 Å². The normalized spacial score (nSPS) is 13.3. The van der Waals surface area contributed by atoms with Gasteiger partial charge in [-0.2, -0.15) is 0 Å². The van der Waals surface area contributed by atoms with E-state index in [-0.39, 0.29) is 29.4 Å². The highest BCUT2D eigenvalue weighted by Crippen LogP contribution is 2.11. The Labute approximate surface area is 113 Å². The first kappa shape index (κ1) is 15.7. The lowest BCUT2D eigenvalue weighted by molar-refractivity contribution is 0.0897. The average molecular weight is 285 g/mol. The second-order valence-electron chi connectivity index (χ2n) is 4.80. The molecule has 1 aromatic rings. The van der Waals surface area contributed by atoms with Crippen molar-refractivity contribution >= 4 is 15.7 Å². The molecule has 0 aromatic heterocycles. The van der Waals surface area contributed by atoms with Gasteiger partial charge in [0.25, 0.3) is 5.91 Å². The van der Waals surface area contributed by atoms with Crippen LogP contribution in [0.5, 0.6) is 0 Å². The number of sulfone groups is 1. The van der Waals surface area contributed by atoms with E-state index in [9.17, 15) is 13.2 Å². The van der Waals surface area contributed by atoms with E-state index < -0.39 is 9.84 Å². The summed E-state index contributed by atoms with van der Waals surface area (Å²) >= 11 is 0. The first-order valence-corrected chi connectivity index (χ1v) is 7.86. The first-order chi connectivity index (χ1) is 8.75. The molecule has 0 radical (unpaired) electrons. The van der Waals surface area contributed by atoms with Crippen LogP contribution in [0.1, 0.15) is 24.2 Å². The van der Waals surface area contributed by atoms with Gasteiger partial charge in [-0.25, -0.2) is 8.42 Å². The summed E-state index contributed by atoms with van der Waals surface area (Å²) in [5.41, 5.74) is 0.367. The maximum absolute atomic E-state index is 11.9. The van der Waals surface area contributed by atoms with Crippen molar-refractivity contribution in [1.29, 1.82) is 0 Å². The lowest BCUT2D eigenvalue weighted by atomic mass is 10.0. The monoisotopic (exact) mass is 285 g/mol. The highest BCUT2D eigenvalue weighted by atomic mass is 32.2. The van der Waals surface area contributed by atoms with Crippen LogP contribution in [-0.4, -0.2) is 38.3 Å². The van der Waals surface area contributed by atoms with E-state index in [0.29, 0.717) is 5.56 Å². The molecule has 6 heteroatoms. The molecule has 0 aliphatic heterocycles. The molecule has 1 rings (SSSR count). The summed E-state index contributed by atoms with van der Waals surface area (Å²) in [5.74, 6) is -0.211. The van der Waals surface area contributed by atoms with E-state index in [2.05, 4.69) is 5.32 Å². The molecule has 0 fully saturated rings. The topological polar surface area (TPSA) is 83.5 Å². The van der Waals surface area contributed by atoms with Gasteiger partial charge in [0.05, 0.1) is 17.5 Å². The molecular formula is C13H19NO4S. The Hall–Kier alpha value is -1.40. The number of carbonyl (C=O) groups is 1. The number of amides is 1. The Kier molecular flexibility index (Phi) is 5.08. The maximum Gasteiger partial charge on any atom is 0.251 e. The molecule has 0 saturated heterocycles. The zero-order valence-corrected chi connectivity index (χ0v) is 12.1. The van der Waals surface area contributed by atoms with E-state index in [4.69, 9.17) is 5.11 Å². The van der Waals surface area contributed by atoms with Crippen LogP contribution in [0.25, 0.3) is 0 Å². The molecule has 1 unspecified atom stereocenters. The van der Waals surface area contributed by atoms with E-state index >= 15 is 0 Å². The molecule has 1 amide bonds. The second-order valence-corrected chi connectivity index (χ2v) is 6.82. The van der Waals surface area contributed by atoms with Gasteiger partial charge < -0.3 is 10.4 Å². The van der Waals surface area contributed by atoms with Gasteiger partial charge >= 0.3 is 0 Å². The largest absolute Gasteiger partial charge is 0.394 e. The minimum atomic E-state index is -3.26. The van der Waals surface area contributed by atoms with Gasteiger partial charge in [-0.3, -0.25) is 4.79 Å². The molecule has 1 atom stereocenters. The molecule has 2 N–H and O–H groups in total. The molecule has 0 aliphatic carbocycles. The van der Waals surface area contributed by atoms with Gasteiger partial charge in [0.2, 0.25) is 0 Å². The van der Waals surface area contributed by atoms with Gasteiger partial charge in [0, 0.05) is 11.8 Å². The second kappa shape index (κ2) is 6.16. The number of hydrogen-bond acceptors (Lipinski definition) is 4. The van der Waals surface area contributed by atoms with Crippen LogP contribution in [0.3, 0.4) is 0 Å². The lowest BCUT2D eigenvalue weighted by Gasteiger charge is -2.19. The molecule has 0 spiro atoms. The summed E-state index contributed by atoms with van der Waals surface area (Å²) < 4.78 is 22.6. The van der Waals surface area contributed by atoms with Gasteiger partial charge in [-0.15, -0.1) is 0 Å². The van der Waals surface area contributed by atoms with Gasteiger partial charge in [0.1, 0.15) is 0 Å². The number of benzene rings is 1. The molecule has 106 valence electrons. The van der Waals surface area contributed by atoms with Crippen LogP contribution < -0.4 is 5.32 Å². The van der Waals surface area contributed by atoms with Crippen molar-refractivity contribution in [2.24, 2.45) is 5.92 Å². The number of hydrogen-bond donors (Lipinski definition) is 2. The maximum atomic E-state index is 11.9. The van der Waals surface area contributed by atoms with Crippen molar-refractivity contribution in [1.82, 2.24) is 5.32 Å². The third-order valence-electron chi connectivity index (χ3n) is 2.86. The van der Waals surface area contributed by atoms with Crippen molar-refractivity contribution in [2.45, 2.75) is 24.8 Å². The zero-order valence-electron chi connectivity index (χ0n) is 11.3. The zero-order chi connectivity index (χ0) is 14.6. The van der Waals surface area contributed by atoms with Crippen LogP contribution in [0, 0.1) is 5.92 Å². The third kappa shape index (κ3) is 4.33. The van der Waals surface area contributed by atoms with Crippen LogP contribution in [0.2, 0.25) is 0 Å². The van der Waals surface area contributed by atoms with Gasteiger partial charge in [-0.05, 0) is 30.2 Å². The standard InChI is InChI=1S/C13H19NO4S/c1-9(2)12(8-15)14-13(16)10-4-6-11(7-5-10)19(3,17)18/h4-7,9,12,15H,8H2,1-3H3,(H,14,16). The summed E-state index contributed by atoms with van der Waals surface area (Å²) in [6.07, 6.45) is 1.11. The number of nitrogens with one attached hydrogen (secondary N) is 1. The molecule has 1 aromatic carbocycles. The molecule has 5 nitrogen and oxygen atoms in total. The van der Waals surface area contributed by atoms with E-state index in [0.717, 1.165) is 6.26 Å². The summed E-state index contributed by atoms with van der Waals surface area (Å²) in [6, 6.07) is 5.39. The predicted molar refractivity (Wildman–Crippen MR) is 72.7 cm³/mol. The third-order valence-corrected chi connectivity index (χ3v) is 3.99. The van der Waals surface area contributed by atoms with Crippen molar-refractivity contribution in [3.05, 3.63) is 29.8 Å². The first-order valence-electron chi connectivity index (χ1n) is 5.97. The number of carbonyl (C=O) groups excluding carboxylic acids is 1. The average Bonchev–Trinajstić information content (AvgIpc) is 2.34. The van der Waals surface area contributed by atoms with E-state index in [1.807, 2.05) is 13.8 Å². The SMILES string of the molecule is CC(C)C(CO)NC(=O)c1ccc(S(C)(=O)=O)cc1. The Morgan fingerprint density at radius 1 is 1.26 bits per heavy atom. The Morgan fingerprint density at radius 2 is 1.79 bits per heavy atom. The molecule has 0 heterocycles.